The van der Waals surface area contributed by atoms with Crippen LogP contribution in [0.5, 0.6) is 5.88 Å². The Kier molecular flexibility index (Phi) is 6.63. The zero-order valence-electron chi connectivity index (χ0n) is 11.3. The largest absolute Gasteiger partial charge is 0.478 e. The van der Waals surface area contributed by atoms with Crippen molar-refractivity contribution in [3.63, 3.8) is 0 Å². The first-order valence-electron chi connectivity index (χ1n) is 6.58. The van der Waals surface area contributed by atoms with Crippen molar-refractivity contribution in [1.82, 2.24) is 10.3 Å². The quantitative estimate of drug-likeness (QED) is 0.704. The highest BCUT2D eigenvalue weighted by Gasteiger charge is 2.02. The van der Waals surface area contributed by atoms with Gasteiger partial charge in [-0.05, 0) is 31.9 Å². The molecule has 1 aromatic rings. The van der Waals surface area contributed by atoms with Gasteiger partial charge in [-0.1, -0.05) is 26.3 Å². The lowest BCUT2D eigenvalue weighted by atomic mass is 10.2. The molecule has 0 unspecified atom stereocenters. The summed E-state index contributed by atoms with van der Waals surface area (Å²) in [6.07, 6.45) is 3.39. The third-order valence-electron chi connectivity index (χ3n) is 2.66. The van der Waals surface area contributed by atoms with E-state index in [0.29, 0.717) is 0 Å². The fourth-order valence-electron chi connectivity index (χ4n) is 1.55. The van der Waals surface area contributed by atoms with Crippen LogP contribution in [0.4, 0.5) is 0 Å². The lowest BCUT2D eigenvalue weighted by molar-refractivity contribution is 0.297. The van der Waals surface area contributed by atoms with E-state index >= 15 is 0 Å². The van der Waals surface area contributed by atoms with Gasteiger partial charge in [-0.2, -0.15) is 0 Å². The smallest absolute Gasteiger partial charge is 0.213 e. The monoisotopic (exact) mass is 236 g/mol. The maximum absolute atomic E-state index is 5.58. The first-order valence-corrected chi connectivity index (χ1v) is 6.58. The van der Waals surface area contributed by atoms with Crippen LogP contribution in [0.25, 0.3) is 0 Å². The molecule has 0 radical (unpaired) electrons. The van der Waals surface area contributed by atoms with Gasteiger partial charge in [0.15, 0.2) is 0 Å². The second-order valence-electron chi connectivity index (χ2n) is 4.27. The number of unbranched alkanes of at least 4 members (excludes halogenated alkanes) is 1. The molecule has 0 aliphatic carbocycles. The molecule has 17 heavy (non-hydrogen) atoms. The van der Waals surface area contributed by atoms with Crippen molar-refractivity contribution < 1.29 is 4.74 Å². The van der Waals surface area contributed by atoms with Gasteiger partial charge in [0.1, 0.15) is 0 Å². The Balaban J connectivity index is 2.47. The fourth-order valence-corrected chi connectivity index (χ4v) is 1.55. The minimum atomic E-state index is 0.746. The third-order valence-corrected chi connectivity index (χ3v) is 2.66. The number of rotatable bonds is 8. The Hall–Kier alpha value is -1.09. The summed E-state index contributed by atoms with van der Waals surface area (Å²) < 4.78 is 5.58. The van der Waals surface area contributed by atoms with Crippen molar-refractivity contribution in [1.29, 1.82) is 0 Å². The highest BCUT2D eigenvalue weighted by atomic mass is 16.5. The van der Waals surface area contributed by atoms with E-state index in [1.54, 1.807) is 0 Å². The van der Waals surface area contributed by atoms with E-state index in [4.69, 9.17) is 4.74 Å². The number of ether oxygens (including phenoxy) is 1. The molecule has 0 bridgehead atoms. The molecule has 0 aliphatic heterocycles. The van der Waals surface area contributed by atoms with E-state index in [0.717, 1.165) is 50.5 Å². The zero-order chi connectivity index (χ0) is 12.5. The Labute approximate surface area is 105 Å². The number of hydrogen-bond donors (Lipinski definition) is 1. The molecule has 0 atom stereocenters. The summed E-state index contributed by atoms with van der Waals surface area (Å²) in [7, 11) is 0. The summed E-state index contributed by atoms with van der Waals surface area (Å²) in [5.74, 6) is 0.746. The van der Waals surface area contributed by atoms with Crippen LogP contribution >= 0.6 is 0 Å². The Morgan fingerprint density at radius 1 is 1.24 bits per heavy atom. The first kappa shape index (κ1) is 14.0. The number of pyridine rings is 1. The number of hydrogen-bond acceptors (Lipinski definition) is 3. The van der Waals surface area contributed by atoms with Crippen molar-refractivity contribution >= 4 is 0 Å². The normalized spacial score (nSPS) is 10.5. The van der Waals surface area contributed by atoms with Gasteiger partial charge >= 0.3 is 0 Å². The van der Waals surface area contributed by atoms with Gasteiger partial charge in [-0.25, -0.2) is 4.98 Å². The minimum absolute atomic E-state index is 0.746. The molecule has 3 heteroatoms. The van der Waals surface area contributed by atoms with E-state index in [9.17, 15) is 0 Å². The minimum Gasteiger partial charge on any atom is -0.478 e. The molecule has 0 aliphatic rings. The van der Waals surface area contributed by atoms with Gasteiger partial charge < -0.3 is 10.1 Å². The lowest BCUT2D eigenvalue weighted by Gasteiger charge is -2.09. The average molecular weight is 236 g/mol. The third kappa shape index (κ3) is 5.18. The fraction of sp³-hybridized carbons (Fsp3) is 0.643. The van der Waals surface area contributed by atoms with Crippen LogP contribution < -0.4 is 10.1 Å². The van der Waals surface area contributed by atoms with E-state index in [1.807, 2.05) is 13.0 Å². The molecule has 0 saturated heterocycles. The van der Waals surface area contributed by atoms with Crippen LogP contribution in [0.2, 0.25) is 0 Å². The predicted molar refractivity (Wildman–Crippen MR) is 71.4 cm³/mol. The maximum atomic E-state index is 5.58. The van der Waals surface area contributed by atoms with E-state index in [-0.39, 0.29) is 0 Å². The zero-order valence-corrected chi connectivity index (χ0v) is 11.3. The molecule has 1 aromatic heterocycles. The number of nitrogens with zero attached hydrogens (tertiary/aromatic N) is 1. The van der Waals surface area contributed by atoms with Gasteiger partial charge in [0.2, 0.25) is 5.88 Å². The van der Waals surface area contributed by atoms with Crippen LogP contribution in [-0.2, 0) is 6.54 Å². The lowest BCUT2D eigenvalue weighted by Crippen LogP contribution is -2.15. The molecule has 3 nitrogen and oxygen atoms in total. The van der Waals surface area contributed by atoms with Crippen LogP contribution in [-0.4, -0.2) is 18.1 Å². The molecule has 96 valence electrons. The molecule has 1 N–H and O–H groups in total. The number of nitrogens with one attached hydrogen (secondary N) is 1. The molecule has 0 fully saturated rings. The standard InChI is InChI=1S/C14H24N2O/c1-4-6-10-17-14-8-7-13(12(3)16-14)11-15-9-5-2/h7-8,15H,4-6,9-11H2,1-3H3. The highest BCUT2D eigenvalue weighted by Crippen LogP contribution is 2.12. The second-order valence-corrected chi connectivity index (χ2v) is 4.27. The Bertz CT molecular complexity index is 326. The van der Waals surface area contributed by atoms with E-state index < -0.39 is 0 Å². The van der Waals surface area contributed by atoms with Crippen molar-refractivity contribution in [3.05, 3.63) is 23.4 Å². The Morgan fingerprint density at radius 2 is 2.06 bits per heavy atom. The van der Waals surface area contributed by atoms with Crippen molar-refractivity contribution in [3.8, 4) is 5.88 Å². The van der Waals surface area contributed by atoms with Crippen LogP contribution in [0, 0.1) is 6.92 Å². The molecule has 0 spiro atoms. The summed E-state index contributed by atoms with van der Waals surface area (Å²) >= 11 is 0. The van der Waals surface area contributed by atoms with Crippen LogP contribution in [0.1, 0.15) is 44.4 Å². The predicted octanol–water partition coefficient (Wildman–Crippen LogP) is 3.07. The van der Waals surface area contributed by atoms with Gasteiger partial charge in [0, 0.05) is 18.3 Å². The number of aryl methyl sites for hydroxylation is 1. The van der Waals surface area contributed by atoms with Gasteiger partial charge in [0.25, 0.3) is 0 Å². The summed E-state index contributed by atoms with van der Waals surface area (Å²) in [6.45, 7) is 9.06. The SMILES string of the molecule is CCCCOc1ccc(CNCCC)c(C)n1. The summed E-state index contributed by atoms with van der Waals surface area (Å²) in [4.78, 5) is 4.46. The van der Waals surface area contributed by atoms with E-state index in [2.05, 4.69) is 30.2 Å². The van der Waals surface area contributed by atoms with Crippen LogP contribution in [0.15, 0.2) is 12.1 Å². The van der Waals surface area contributed by atoms with Crippen molar-refractivity contribution in [2.24, 2.45) is 0 Å². The molecule has 1 heterocycles. The van der Waals surface area contributed by atoms with Crippen molar-refractivity contribution in [2.45, 2.75) is 46.6 Å². The highest BCUT2D eigenvalue weighted by molar-refractivity contribution is 5.24. The topological polar surface area (TPSA) is 34.1 Å². The molecule has 0 amide bonds. The molecule has 1 rings (SSSR count). The molecular weight excluding hydrogens is 212 g/mol. The molecular formula is C14H24N2O. The second kappa shape index (κ2) is 8.07. The summed E-state index contributed by atoms with van der Waals surface area (Å²) in [5, 5.41) is 3.38. The maximum Gasteiger partial charge on any atom is 0.213 e. The van der Waals surface area contributed by atoms with Crippen molar-refractivity contribution in [2.75, 3.05) is 13.2 Å². The Morgan fingerprint density at radius 3 is 2.71 bits per heavy atom. The average Bonchev–Trinajstić information content (AvgIpc) is 2.32. The van der Waals surface area contributed by atoms with Gasteiger partial charge in [0.05, 0.1) is 6.61 Å². The van der Waals surface area contributed by atoms with Crippen LogP contribution in [0.3, 0.4) is 0 Å². The van der Waals surface area contributed by atoms with Gasteiger partial charge in [-0.15, -0.1) is 0 Å². The van der Waals surface area contributed by atoms with Gasteiger partial charge in [-0.3, -0.25) is 0 Å². The van der Waals surface area contributed by atoms with E-state index in [1.165, 1.54) is 5.56 Å². The molecule has 0 saturated carbocycles. The summed E-state index contributed by atoms with van der Waals surface area (Å²) in [5.41, 5.74) is 2.31. The summed E-state index contributed by atoms with van der Waals surface area (Å²) in [6, 6.07) is 4.07. The number of aromatic nitrogens is 1. The molecule has 0 aromatic carbocycles. The first-order chi connectivity index (χ1) is 8.27.